The zero-order valence-electron chi connectivity index (χ0n) is 9.24. The zero-order valence-corrected chi connectivity index (χ0v) is 10.00. The van der Waals surface area contributed by atoms with Crippen LogP contribution in [0, 0.1) is 5.92 Å². The standard InChI is InChI=1S/C12H16ClNO2/c1-9(5-6-15)8-14-12(16)10-3-2-4-11(13)7-10/h2-4,7,9,15H,5-6,8H2,1H3,(H,14,16). The van der Waals surface area contributed by atoms with Gasteiger partial charge in [0.15, 0.2) is 0 Å². The summed E-state index contributed by atoms with van der Waals surface area (Å²) < 4.78 is 0. The number of halogens is 1. The number of aliphatic hydroxyl groups excluding tert-OH is 1. The third kappa shape index (κ3) is 4.21. The summed E-state index contributed by atoms with van der Waals surface area (Å²) in [6.45, 7) is 2.69. The monoisotopic (exact) mass is 241 g/mol. The molecule has 0 saturated carbocycles. The molecule has 1 aromatic rings. The zero-order chi connectivity index (χ0) is 12.0. The van der Waals surface area contributed by atoms with Gasteiger partial charge in [-0.2, -0.15) is 0 Å². The summed E-state index contributed by atoms with van der Waals surface area (Å²) in [6, 6.07) is 6.83. The predicted octanol–water partition coefficient (Wildman–Crippen LogP) is 2.09. The number of hydrogen-bond acceptors (Lipinski definition) is 2. The Morgan fingerprint density at radius 3 is 2.94 bits per heavy atom. The molecular weight excluding hydrogens is 226 g/mol. The summed E-state index contributed by atoms with van der Waals surface area (Å²) in [6.07, 6.45) is 0.690. The van der Waals surface area contributed by atoms with Gasteiger partial charge in [-0.3, -0.25) is 4.79 Å². The molecule has 1 aromatic carbocycles. The molecule has 1 rings (SSSR count). The molecule has 2 N–H and O–H groups in total. The van der Waals surface area contributed by atoms with Gasteiger partial charge in [0.1, 0.15) is 0 Å². The van der Waals surface area contributed by atoms with E-state index in [0.717, 1.165) is 0 Å². The summed E-state index contributed by atoms with van der Waals surface area (Å²) in [5, 5.41) is 12.1. The molecule has 3 nitrogen and oxygen atoms in total. The van der Waals surface area contributed by atoms with Crippen molar-refractivity contribution in [1.29, 1.82) is 0 Å². The molecule has 16 heavy (non-hydrogen) atoms. The number of aliphatic hydroxyl groups is 1. The molecular formula is C12H16ClNO2. The van der Waals surface area contributed by atoms with Crippen LogP contribution in [0.15, 0.2) is 24.3 Å². The lowest BCUT2D eigenvalue weighted by atomic mass is 10.1. The molecule has 0 bridgehead atoms. The first-order valence-electron chi connectivity index (χ1n) is 5.28. The third-order valence-corrected chi connectivity index (χ3v) is 2.55. The molecule has 0 spiro atoms. The van der Waals surface area contributed by atoms with Gasteiger partial charge in [-0.15, -0.1) is 0 Å². The van der Waals surface area contributed by atoms with Gasteiger partial charge >= 0.3 is 0 Å². The van der Waals surface area contributed by atoms with Gasteiger partial charge in [0.05, 0.1) is 0 Å². The molecule has 1 amide bonds. The SMILES string of the molecule is CC(CCO)CNC(=O)c1cccc(Cl)c1. The fourth-order valence-corrected chi connectivity index (χ4v) is 1.51. The molecule has 0 aliphatic heterocycles. The van der Waals surface area contributed by atoms with Gasteiger partial charge in [-0.25, -0.2) is 0 Å². The van der Waals surface area contributed by atoms with Crippen molar-refractivity contribution in [3.63, 3.8) is 0 Å². The Kier molecular flexibility index (Phi) is 5.29. The third-order valence-electron chi connectivity index (χ3n) is 2.32. The Hall–Kier alpha value is -1.06. The highest BCUT2D eigenvalue weighted by atomic mass is 35.5. The van der Waals surface area contributed by atoms with Crippen LogP contribution in [0.5, 0.6) is 0 Å². The molecule has 1 atom stereocenters. The molecule has 0 heterocycles. The van der Waals surface area contributed by atoms with Gasteiger partial charge in [-0.05, 0) is 30.5 Å². The second-order valence-electron chi connectivity index (χ2n) is 3.84. The number of benzene rings is 1. The minimum absolute atomic E-state index is 0.132. The number of nitrogens with one attached hydrogen (secondary N) is 1. The Morgan fingerprint density at radius 2 is 2.31 bits per heavy atom. The second-order valence-corrected chi connectivity index (χ2v) is 4.27. The normalized spacial score (nSPS) is 12.2. The number of hydrogen-bond donors (Lipinski definition) is 2. The van der Waals surface area contributed by atoms with Crippen LogP contribution in [-0.2, 0) is 0 Å². The molecule has 4 heteroatoms. The summed E-state index contributed by atoms with van der Waals surface area (Å²) in [5.41, 5.74) is 0.559. The van der Waals surface area contributed by atoms with Crippen molar-refractivity contribution in [1.82, 2.24) is 5.32 Å². The molecule has 0 fully saturated rings. The average molecular weight is 242 g/mol. The van der Waals surface area contributed by atoms with Crippen LogP contribution in [0.3, 0.4) is 0 Å². The largest absolute Gasteiger partial charge is 0.396 e. The number of carbonyl (C=O) groups excluding carboxylic acids is 1. The number of amides is 1. The quantitative estimate of drug-likeness (QED) is 0.829. The maximum atomic E-state index is 11.7. The molecule has 0 radical (unpaired) electrons. The predicted molar refractivity (Wildman–Crippen MR) is 64.7 cm³/mol. The topological polar surface area (TPSA) is 49.3 Å². The van der Waals surface area contributed by atoms with Crippen molar-refractivity contribution in [2.45, 2.75) is 13.3 Å². The van der Waals surface area contributed by atoms with E-state index < -0.39 is 0 Å². The minimum Gasteiger partial charge on any atom is -0.396 e. The van der Waals surface area contributed by atoms with Crippen LogP contribution in [0.1, 0.15) is 23.7 Å². The minimum atomic E-state index is -0.132. The van der Waals surface area contributed by atoms with Crippen LogP contribution in [0.2, 0.25) is 5.02 Å². The lowest BCUT2D eigenvalue weighted by Crippen LogP contribution is -2.28. The van der Waals surface area contributed by atoms with Crippen molar-refractivity contribution in [3.8, 4) is 0 Å². The summed E-state index contributed by atoms with van der Waals surface area (Å²) in [5.74, 6) is 0.139. The van der Waals surface area contributed by atoms with Gasteiger partial charge in [0.2, 0.25) is 0 Å². The lowest BCUT2D eigenvalue weighted by molar-refractivity contribution is 0.0945. The fraction of sp³-hybridized carbons (Fsp3) is 0.417. The van der Waals surface area contributed by atoms with E-state index >= 15 is 0 Å². The highest BCUT2D eigenvalue weighted by molar-refractivity contribution is 6.30. The van der Waals surface area contributed by atoms with Crippen molar-refractivity contribution in [2.24, 2.45) is 5.92 Å². The van der Waals surface area contributed by atoms with Crippen molar-refractivity contribution in [2.75, 3.05) is 13.2 Å². The van der Waals surface area contributed by atoms with Crippen LogP contribution in [0.4, 0.5) is 0 Å². The smallest absolute Gasteiger partial charge is 0.251 e. The first-order valence-corrected chi connectivity index (χ1v) is 5.66. The van der Waals surface area contributed by atoms with E-state index in [9.17, 15) is 4.79 Å². The molecule has 0 aliphatic carbocycles. The first-order chi connectivity index (χ1) is 7.63. The first kappa shape index (κ1) is 13.0. The summed E-state index contributed by atoms with van der Waals surface area (Å²) >= 11 is 5.79. The maximum absolute atomic E-state index is 11.7. The van der Waals surface area contributed by atoms with Gasteiger partial charge in [0, 0.05) is 23.7 Å². The number of carbonyl (C=O) groups is 1. The molecule has 88 valence electrons. The van der Waals surface area contributed by atoms with E-state index in [1.807, 2.05) is 6.92 Å². The Morgan fingerprint density at radius 1 is 1.56 bits per heavy atom. The van der Waals surface area contributed by atoms with Gasteiger partial charge in [-0.1, -0.05) is 24.6 Å². The van der Waals surface area contributed by atoms with Gasteiger partial charge in [0.25, 0.3) is 5.91 Å². The van der Waals surface area contributed by atoms with E-state index in [1.54, 1.807) is 24.3 Å². The Labute approximate surface area is 100 Å². The van der Waals surface area contributed by atoms with Crippen molar-refractivity contribution in [3.05, 3.63) is 34.9 Å². The maximum Gasteiger partial charge on any atom is 0.251 e. The fourth-order valence-electron chi connectivity index (χ4n) is 1.32. The van der Waals surface area contributed by atoms with E-state index in [4.69, 9.17) is 16.7 Å². The lowest BCUT2D eigenvalue weighted by Gasteiger charge is -2.11. The van der Waals surface area contributed by atoms with E-state index in [-0.39, 0.29) is 18.4 Å². The van der Waals surface area contributed by atoms with Crippen LogP contribution < -0.4 is 5.32 Å². The molecule has 0 aromatic heterocycles. The van der Waals surface area contributed by atoms with E-state index in [0.29, 0.717) is 23.6 Å². The summed E-state index contributed by atoms with van der Waals surface area (Å²) in [4.78, 5) is 11.7. The van der Waals surface area contributed by atoms with Crippen LogP contribution >= 0.6 is 11.6 Å². The Bertz CT molecular complexity index is 355. The summed E-state index contributed by atoms with van der Waals surface area (Å²) in [7, 11) is 0. The molecule has 0 aliphatic rings. The second kappa shape index (κ2) is 6.51. The van der Waals surface area contributed by atoms with Gasteiger partial charge < -0.3 is 10.4 Å². The molecule has 0 saturated heterocycles. The van der Waals surface area contributed by atoms with E-state index in [2.05, 4.69) is 5.32 Å². The highest BCUT2D eigenvalue weighted by Gasteiger charge is 2.07. The Balaban J connectivity index is 2.47. The number of rotatable bonds is 5. The van der Waals surface area contributed by atoms with Crippen LogP contribution in [0.25, 0.3) is 0 Å². The average Bonchev–Trinajstić information content (AvgIpc) is 2.26. The van der Waals surface area contributed by atoms with Crippen LogP contribution in [-0.4, -0.2) is 24.2 Å². The highest BCUT2D eigenvalue weighted by Crippen LogP contribution is 2.10. The van der Waals surface area contributed by atoms with Crippen molar-refractivity contribution < 1.29 is 9.90 Å². The van der Waals surface area contributed by atoms with Crippen molar-refractivity contribution >= 4 is 17.5 Å². The van der Waals surface area contributed by atoms with E-state index in [1.165, 1.54) is 0 Å². The molecule has 1 unspecified atom stereocenters.